The molecule has 0 aliphatic carbocycles. The standard InChI is InChI=1S/C15H17Cl2NO2S2/c1-11-5-7-21-14(11)10-18(2)6-8-22(19,20)15-9-12(16)3-4-13(15)17/h3-5,7,9H,6,8,10H2,1-2H3. The summed E-state index contributed by atoms with van der Waals surface area (Å²) in [5.74, 6) is 0.00792. The summed E-state index contributed by atoms with van der Waals surface area (Å²) >= 11 is 13.5. The molecule has 120 valence electrons. The number of thiophene rings is 1. The van der Waals surface area contributed by atoms with Crippen LogP contribution in [0.5, 0.6) is 0 Å². The highest BCUT2D eigenvalue weighted by Crippen LogP contribution is 2.26. The second kappa shape index (κ2) is 7.32. The van der Waals surface area contributed by atoms with Gasteiger partial charge in [-0.15, -0.1) is 11.3 Å². The second-order valence-corrected chi connectivity index (χ2v) is 9.08. The number of nitrogens with zero attached hydrogens (tertiary/aromatic N) is 1. The molecule has 0 spiro atoms. The molecule has 7 heteroatoms. The molecule has 1 heterocycles. The van der Waals surface area contributed by atoms with Gasteiger partial charge in [-0.3, -0.25) is 0 Å². The van der Waals surface area contributed by atoms with Crippen molar-refractivity contribution in [2.24, 2.45) is 0 Å². The molecule has 0 saturated carbocycles. The molecule has 0 bridgehead atoms. The minimum absolute atomic E-state index is 0.00792. The van der Waals surface area contributed by atoms with Gasteiger partial charge in [0.2, 0.25) is 0 Å². The van der Waals surface area contributed by atoms with Gasteiger partial charge >= 0.3 is 0 Å². The van der Waals surface area contributed by atoms with Crippen molar-refractivity contribution in [3.8, 4) is 0 Å². The SMILES string of the molecule is Cc1ccsc1CN(C)CCS(=O)(=O)c1cc(Cl)ccc1Cl. The lowest BCUT2D eigenvalue weighted by molar-refractivity contribution is 0.348. The zero-order chi connectivity index (χ0) is 16.3. The van der Waals surface area contributed by atoms with E-state index in [1.165, 1.54) is 22.6 Å². The Bertz CT molecular complexity index is 757. The minimum Gasteiger partial charge on any atom is -0.300 e. The van der Waals surface area contributed by atoms with Gasteiger partial charge in [0.15, 0.2) is 9.84 Å². The van der Waals surface area contributed by atoms with Crippen LogP contribution >= 0.6 is 34.5 Å². The monoisotopic (exact) mass is 377 g/mol. The van der Waals surface area contributed by atoms with Crippen LogP contribution in [0.15, 0.2) is 34.5 Å². The smallest absolute Gasteiger partial charge is 0.181 e. The van der Waals surface area contributed by atoms with Gasteiger partial charge in [-0.2, -0.15) is 0 Å². The molecule has 0 aliphatic rings. The Morgan fingerprint density at radius 3 is 2.59 bits per heavy atom. The molecule has 22 heavy (non-hydrogen) atoms. The fourth-order valence-electron chi connectivity index (χ4n) is 1.99. The summed E-state index contributed by atoms with van der Waals surface area (Å²) in [5.41, 5.74) is 1.23. The normalized spacial score (nSPS) is 12.0. The number of rotatable bonds is 6. The number of sulfone groups is 1. The first-order valence-corrected chi connectivity index (χ1v) is 9.98. The Kier molecular flexibility index (Phi) is 5.91. The molecule has 0 atom stereocenters. The highest BCUT2D eigenvalue weighted by atomic mass is 35.5. The van der Waals surface area contributed by atoms with Gasteiger partial charge < -0.3 is 4.90 Å². The Labute approximate surface area is 145 Å². The van der Waals surface area contributed by atoms with Crippen LogP contribution in [-0.2, 0) is 16.4 Å². The number of hydrogen-bond acceptors (Lipinski definition) is 4. The third kappa shape index (κ3) is 4.46. The van der Waals surface area contributed by atoms with Crippen molar-refractivity contribution in [2.75, 3.05) is 19.3 Å². The summed E-state index contributed by atoms with van der Waals surface area (Å²) in [5, 5.41) is 2.62. The summed E-state index contributed by atoms with van der Waals surface area (Å²) in [6.45, 7) is 3.23. The highest BCUT2D eigenvalue weighted by molar-refractivity contribution is 7.91. The van der Waals surface area contributed by atoms with E-state index in [4.69, 9.17) is 23.2 Å². The minimum atomic E-state index is -3.45. The Morgan fingerprint density at radius 2 is 1.95 bits per heavy atom. The summed E-state index contributed by atoms with van der Waals surface area (Å²) in [6, 6.07) is 6.56. The van der Waals surface area contributed by atoms with E-state index in [0.717, 1.165) is 6.54 Å². The molecular formula is C15H17Cl2NO2S2. The predicted molar refractivity (Wildman–Crippen MR) is 93.9 cm³/mol. The predicted octanol–water partition coefficient (Wildman–Crippen LogP) is 4.27. The lowest BCUT2D eigenvalue weighted by Gasteiger charge is -2.16. The van der Waals surface area contributed by atoms with Crippen LogP contribution in [0, 0.1) is 6.92 Å². The largest absolute Gasteiger partial charge is 0.300 e. The summed E-state index contributed by atoms with van der Waals surface area (Å²) in [4.78, 5) is 3.34. The van der Waals surface area contributed by atoms with Crippen molar-refractivity contribution in [2.45, 2.75) is 18.4 Å². The van der Waals surface area contributed by atoms with Crippen LogP contribution in [0.4, 0.5) is 0 Å². The highest BCUT2D eigenvalue weighted by Gasteiger charge is 2.19. The van der Waals surface area contributed by atoms with Crippen LogP contribution in [0.2, 0.25) is 10.0 Å². The zero-order valence-corrected chi connectivity index (χ0v) is 15.5. The molecule has 2 aromatic rings. The van der Waals surface area contributed by atoms with E-state index >= 15 is 0 Å². The van der Waals surface area contributed by atoms with Crippen molar-refractivity contribution in [3.63, 3.8) is 0 Å². The lowest BCUT2D eigenvalue weighted by Crippen LogP contribution is -2.25. The van der Waals surface area contributed by atoms with E-state index in [9.17, 15) is 8.42 Å². The van der Waals surface area contributed by atoms with Crippen LogP contribution in [0.1, 0.15) is 10.4 Å². The van der Waals surface area contributed by atoms with E-state index in [2.05, 4.69) is 13.0 Å². The number of hydrogen-bond donors (Lipinski definition) is 0. The quantitative estimate of drug-likeness (QED) is 0.754. The maximum absolute atomic E-state index is 12.4. The molecule has 0 saturated heterocycles. The van der Waals surface area contributed by atoms with E-state index in [0.29, 0.717) is 11.6 Å². The van der Waals surface area contributed by atoms with Crippen molar-refractivity contribution >= 4 is 44.4 Å². The Morgan fingerprint density at radius 1 is 1.23 bits per heavy atom. The van der Waals surface area contributed by atoms with Crippen LogP contribution in [0.3, 0.4) is 0 Å². The third-order valence-electron chi connectivity index (χ3n) is 3.35. The summed E-state index contributed by atoms with van der Waals surface area (Å²) < 4.78 is 24.8. The van der Waals surface area contributed by atoms with Gasteiger partial charge in [-0.1, -0.05) is 23.2 Å². The fourth-order valence-corrected chi connectivity index (χ4v) is 5.13. The number of aryl methyl sites for hydroxylation is 1. The van der Waals surface area contributed by atoms with Crippen LogP contribution in [-0.4, -0.2) is 32.7 Å². The number of benzene rings is 1. The molecule has 0 unspecified atom stereocenters. The van der Waals surface area contributed by atoms with E-state index in [1.807, 2.05) is 17.3 Å². The molecule has 3 nitrogen and oxygen atoms in total. The van der Waals surface area contributed by atoms with Gasteiger partial charge in [-0.25, -0.2) is 8.42 Å². The Hall–Kier alpha value is -0.590. The molecule has 0 radical (unpaired) electrons. The molecule has 0 aliphatic heterocycles. The van der Waals surface area contributed by atoms with Gasteiger partial charge in [0, 0.05) is 23.0 Å². The average Bonchev–Trinajstić information content (AvgIpc) is 2.85. The third-order valence-corrected chi connectivity index (χ3v) is 6.76. The maximum atomic E-state index is 12.4. The molecule has 0 N–H and O–H groups in total. The van der Waals surface area contributed by atoms with E-state index < -0.39 is 9.84 Å². The first kappa shape index (κ1) is 17.8. The summed E-state index contributed by atoms with van der Waals surface area (Å²) in [6.07, 6.45) is 0. The van der Waals surface area contributed by atoms with E-state index in [1.54, 1.807) is 17.4 Å². The fraction of sp³-hybridized carbons (Fsp3) is 0.333. The second-order valence-electron chi connectivity index (χ2n) is 5.16. The molecule has 1 aromatic carbocycles. The number of halogens is 2. The van der Waals surface area contributed by atoms with Crippen molar-refractivity contribution in [3.05, 3.63) is 50.1 Å². The van der Waals surface area contributed by atoms with Crippen molar-refractivity contribution < 1.29 is 8.42 Å². The van der Waals surface area contributed by atoms with Crippen LogP contribution < -0.4 is 0 Å². The lowest BCUT2D eigenvalue weighted by atomic mass is 10.3. The van der Waals surface area contributed by atoms with Gasteiger partial charge in [0.05, 0.1) is 15.7 Å². The van der Waals surface area contributed by atoms with Crippen LogP contribution in [0.25, 0.3) is 0 Å². The van der Waals surface area contributed by atoms with Crippen molar-refractivity contribution in [1.82, 2.24) is 4.90 Å². The summed E-state index contributed by atoms with van der Waals surface area (Å²) in [7, 11) is -1.54. The topological polar surface area (TPSA) is 37.4 Å². The van der Waals surface area contributed by atoms with Gasteiger partial charge in [-0.05, 0) is 49.2 Å². The Balaban J connectivity index is 2.03. The van der Waals surface area contributed by atoms with Crippen molar-refractivity contribution in [1.29, 1.82) is 0 Å². The first-order valence-electron chi connectivity index (χ1n) is 6.69. The average molecular weight is 378 g/mol. The van der Waals surface area contributed by atoms with Gasteiger partial charge in [0.1, 0.15) is 0 Å². The molecule has 1 aromatic heterocycles. The molecular weight excluding hydrogens is 361 g/mol. The van der Waals surface area contributed by atoms with Gasteiger partial charge in [0.25, 0.3) is 0 Å². The molecule has 2 rings (SSSR count). The first-order chi connectivity index (χ1) is 10.3. The zero-order valence-electron chi connectivity index (χ0n) is 12.3. The van der Waals surface area contributed by atoms with E-state index in [-0.39, 0.29) is 15.7 Å². The maximum Gasteiger partial charge on any atom is 0.181 e. The molecule has 0 fully saturated rings. The molecule has 0 amide bonds.